The van der Waals surface area contributed by atoms with Crippen LogP contribution in [0.3, 0.4) is 0 Å². The van der Waals surface area contributed by atoms with Crippen LogP contribution in [0.4, 0.5) is 28.9 Å². The van der Waals surface area contributed by atoms with Crippen molar-refractivity contribution in [3.63, 3.8) is 0 Å². The highest BCUT2D eigenvalue weighted by Crippen LogP contribution is 2.38. The lowest BCUT2D eigenvalue weighted by Crippen LogP contribution is -2.18. The van der Waals surface area contributed by atoms with Crippen LogP contribution in [0, 0.1) is 5.82 Å². The summed E-state index contributed by atoms with van der Waals surface area (Å²) in [5.41, 5.74) is -1.50. The molecule has 2 aromatic carbocycles. The van der Waals surface area contributed by atoms with Gasteiger partial charge < -0.3 is 15.4 Å². The Balaban J connectivity index is 1.71. The van der Waals surface area contributed by atoms with Crippen molar-refractivity contribution in [2.24, 2.45) is 0 Å². The van der Waals surface area contributed by atoms with Gasteiger partial charge in [-0.15, -0.1) is 11.3 Å². The predicted molar refractivity (Wildman–Crippen MR) is 128 cm³/mol. The summed E-state index contributed by atoms with van der Waals surface area (Å²) in [5, 5.41) is 5.60. The van der Waals surface area contributed by atoms with Gasteiger partial charge in [0.15, 0.2) is 0 Å². The van der Waals surface area contributed by atoms with Crippen molar-refractivity contribution in [2.45, 2.75) is 6.18 Å². The Morgan fingerprint density at radius 2 is 1.80 bits per heavy atom. The molecule has 0 unspecified atom stereocenters. The number of carbonyl (C=O) groups excluding carboxylic acids is 2. The normalized spacial score (nSPS) is 11.4. The van der Waals surface area contributed by atoms with Crippen molar-refractivity contribution < 1.29 is 31.9 Å². The SMILES string of the molecule is COc1ncc(Br)cc1C(=O)Nc1c(C(=O)Nc2ccc(F)c(C(F)(F)F)c2)sc2ccccc12. The van der Waals surface area contributed by atoms with E-state index in [-0.39, 0.29) is 27.7 Å². The molecular formula is C23H14BrF4N3O3S. The molecule has 0 aliphatic heterocycles. The second-order valence-corrected chi connectivity index (χ2v) is 9.08. The van der Waals surface area contributed by atoms with Crippen LogP contribution in [0.1, 0.15) is 25.6 Å². The summed E-state index contributed by atoms with van der Waals surface area (Å²) in [6.45, 7) is 0. The third kappa shape index (κ3) is 5.13. The van der Waals surface area contributed by atoms with Gasteiger partial charge >= 0.3 is 6.18 Å². The summed E-state index contributed by atoms with van der Waals surface area (Å²) in [7, 11) is 1.35. The fourth-order valence-electron chi connectivity index (χ4n) is 3.27. The number of pyridine rings is 1. The van der Waals surface area contributed by atoms with Gasteiger partial charge in [-0.1, -0.05) is 18.2 Å². The summed E-state index contributed by atoms with van der Waals surface area (Å²) in [6, 6.07) is 10.5. The predicted octanol–water partition coefficient (Wildman–Crippen LogP) is 6.73. The van der Waals surface area contributed by atoms with Crippen molar-refractivity contribution in [1.82, 2.24) is 4.98 Å². The molecule has 12 heteroatoms. The monoisotopic (exact) mass is 567 g/mol. The molecular weight excluding hydrogens is 554 g/mol. The first kappa shape index (κ1) is 24.6. The first-order valence-corrected chi connectivity index (χ1v) is 11.4. The number of halogens is 5. The largest absolute Gasteiger partial charge is 0.480 e. The number of aromatic nitrogens is 1. The van der Waals surface area contributed by atoms with Gasteiger partial charge in [-0.3, -0.25) is 9.59 Å². The number of alkyl halides is 3. The van der Waals surface area contributed by atoms with Crippen molar-refractivity contribution in [3.05, 3.63) is 81.0 Å². The highest BCUT2D eigenvalue weighted by atomic mass is 79.9. The zero-order valence-electron chi connectivity index (χ0n) is 17.7. The van der Waals surface area contributed by atoms with Crippen LogP contribution in [0.25, 0.3) is 10.1 Å². The number of anilines is 2. The number of rotatable bonds is 5. The molecule has 2 N–H and O–H groups in total. The third-order valence-electron chi connectivity index (χ3n) is 4.83. The number of benzene rings is 2. The first-order chi connectivity index (χ1) is 16.6. The minimum absolute atomic E-state index is 0.0411. The smallest absolute Gasteiger partial charge is 0.419 e. The Morgan fingerprint density at radius 1 is 1.06 bits per heavy atom. The zero-order valence-corrected chi connectivity index (χ0v) is 20.1. The number of ether oxygens (including phenoxy) is 1. The van der Waals surface area contributed by atoms with Crippen LogP contribution < -0.4 is 15.4 Å². The van der Waals surface area contributed by atoms with Crippen LogP contribution in [0.15, 0.2) is 59.2 Å². The van der Waals surface area contributed by atoms with Gasteiger partial charge in [0.05, 0.1) is 18.4 Å². The van der Waals surface area contributed by atoms with E-state index < -0.39 is 29.4 Å². The third-order valence-corrected chi connectivity index (χ3v) is 6.43. The van der Waals surface area contributed by atoms with Gasteiger partial charge in [0.1, 0.15) is 16.3 Å². The number of carbonyl (C=O) groups is 2. The van der Waals surface area contributed by atoms with Gasteiger partial charge in [0, 0.05) is 26.4 Å². The maximum atomic E-state index is 13.6. The van der Waals surface area contributed by atoms with Crippen molar-refractivity contribution in [1.29, 1.82) is 0 Å². The van der Waals surface area contributed by atoms with Gasteiger partial charge in [-0.25, -0.2) is 9.37 Å². The average Bonchev–Trinajstić information content (AvgIpc) is 3.18. The minimum Gasteiger partial charge on any atom is -0.480 e. The average molecular weight is 568 g/mol. The Bertz CT molecular complexity index is 1460. The number of nitrogens with one attached hydrogen (secondary N) is 2. The molecule has 0 atom stereocenters. The molecule has 35 heavy (non-hydrogen) atoms. The molecule has 2 amide bonds. The second kappa shape index (κ2) is 9.62. The van der Waals surface area contributed by atoms with E-state index in [0.717, 1.165) is 17.4 Å². The molecule has 0 aliphatic carbocycles. The highest BCUT2D eigenvalue weighted by molar-refractivity contribution is 9.10. The van der Waals surface area contributed by atoms with Crippen LogP contribution in [-0.4, -0.2) is 23.9 Å². The van der Waals surface area contributed by atoms with Gasteiger partial charge in [-0.05, 0) is 46.3 Å². The van der Waals surface area contributed by atoms with Gasteiger partial charge in [0.25, 0.3) is 11.8 Å². The lowest BCUT2D eigenvalue weighted by atomic mass is 10.1. The van der Waals surface area contributed by atoms with E-state index in [4.69, 9.17) is 4.74 Å². The van der Waals surface area contributed by atoms with Gasteiger partial charge in [-0.2, -0.15) is 13.2 Å². The summed E-state index contributed by atoms with van der Waals surface area (Å²) in [6.07, 6.45) is -3.48. The molecule has 0 fully saturated rings. The molecule has 2 aromatic heterocycles. The highest BCUT2D eigenvalue weighted by Gasteiger charge is 2.34. The van der Waals surface area contributed by atoms with Crippen LogP contribution in [0.5, 0.6) is 5.88 Å². The number of nitrogens with zero attached hydrogens (tertiary/aromatic N) is 1. The van der Waals surface area contributed by atoms with Crippen LogP contribution >= 0.6 is 27.3 Å². The summed E-state index contributed by atoms with van der Waals surface area (Å²) < 4.78 is 59.2. The molecule has 6 nitrogen and oxygen atoms in total. The molecule has 0 spiro atoms. The number of fused-ring (bicyclic) bond motifs is 1. The Hall–Kier alpha value is -3.51. The van der Waals surface area contributed by atoms with Crippen molar-refractivity contribution in [3.8, 4) is 5.88 Å². The number of thiophene rings is 1. The van der Waals surface area contributed by atoms with Crippen molar-refractivity contribution >= 4 is 60.5 Å². The Morgan fingerprint density at radius 3 is 2.51 bits per heavy atom. The number of amides is 2. The van der Waals surface area contributed by atoms with E-state index in [2.05, 4.69) is 31.5 Å². The topological polar surface area (TPSA) is 80.3 Å². The Labute approximate surface area is 208 Å². The lowest BCUT2D eigenvalue weighted by Gasteiger charge is -2.12. The van der Waals surface area contributed by atoms with E-state index in [0.29, 0.717) is 26.7 Å². The molecule has 0 saturated carbocycles. The Kier molecular flexibility index (Phi) is 6.77. The van der Waals surface area contributed by atoms with Crippen LogP contribution in [0.2, 0.25) is 0 Å². The van der Waals surface area contributed by atoms with E-state index in [1.54, 1.807) is 24.3 Å². The van der Waals surface area contributed by atoms with E-state index in [9.17, 15) is 27.2 Å². The molecule has 2 heterocycles. The van der Waals surface area contributed by atoms with E-state index in [1.165, 1.54) is 19.4 Å². The fraction of sp³-hybridized carbons (Fsp3) is 0.0870. The molecule has 180 valence electrons. The maximum Gasteiger partial charge on any atom is 0.419 e. The maximum absolute atomic E-state index is 13.6. The quantitative estimate of drug-likeness (QED) is 0.262. The zero-order chi connectivity index (χ0) is 25.3. The number of methoxy groups -OCH3 is 1. The fourth-order valence-corrected chi connectivity index (χ4v) is 4.66. The molecule has 0 bridgehead atoms. The second-order valence-electron chi connectivity index (χ2n) is 7.11. The minimum atomic E-state index is -4.93. The van der Waals surface area contributed by atoms with Crippen molar-refractivity contribution in [2.75, 3.05) is 17.7 Å². The molecule has 0 radical (unpaired) electrons. The summed E-state index contributed by atoms with van der Waals surface area (Å²) in [4.78, 5) is 30.2. The molecule has 0 saturated heterocycles. The molecule has 4 rings (SSSR count). The number of hydrogen-bond donors (Lipinski definition) is 2. The first-order valence-electron chi connectivity index (χ1n) is 9.79. The standard InChI is InChI=1S/C23H14BrF4N3O3S/c1-34-22-14(8-11(24)10-29-22)20(32)31-18-13-4-2-3-5-17(13)35-19(18)21(33)30-12-6-7-16(25)15(9-12)23(26,27)28/h2-10H,1H3,(H,30,33)(H,31,32). The van der Waals surface area contributed by atoms with E-state index >= 15 is 0 Å². The summed E-state index contributed by atoms with van der Waals surface area (Å²) >= 11 is 4.28. The van der Waals surface area contributed by atoms with E-state index in [1.807, 2.05) is 0 Å². The lowest BCUT2D eigenvalue weighted by molar-refractivity contribution is -0.139. The molecule has 4 aromatic rings. The van der Waals surface area contributed by atoms with Gasteiger partial charge in [0.2, 0.25) is 5.88 Å². The summed E-state index contributed by atoms with van der Waals surface area (Å²) in [5.74, 6) is -2.79. The van der Waals surface area contributed by atoms with Crippen LogP contribution in [-0.2, 0) is 6.18 Å². The molecule has 0 aliphatic rings. The number of hydrogen-bond acceptors (Lipinski definition) is 5.